The molecule has 2 aliphatic rings. The summed E-state index contributed by atoms with van der Waals surface area (Å²) in [5.41, 5.74) is 5.97. The molecule has 0 radical (unpaired) electrons. The molecule has 3 nitrogen and oxygen atoms in total. The minimum Gasteiger partial charge on any atom is -0.395 e. The zero-order valence-corrected chi connectivity index (χ0v) is 11.6. The fourth-order valence-corrected chi connectivity index (χ4v) is 3.77. The Morgan fingerprint density at radius 2 is 1.44 bits per heavy atom. The van der Waals surface area contributed by atoms with E-state index in [1.165, 1.54) is 57.8 Å². The number of aliphatic hydroxyl groups is 1. The molecule has 2 fully saturated rings. The predicted octanol–water partition coefficient (Wildman–Crippen LogP) is 2.03. The Hall–Kier alpha value is -0.120. The van der Waals surface area contributed by atoms with Gasteiger partial charge in [-0.25, -0.2) is 0 Å². The van der Waals surface area contributed by atoms with Crippen molar-refractivity contribution in [3.05, 3.63) is 0 Å². The van der Waals surface area contributed by atoms with E-state index in [4.69, 9.17) is 10.8 Å². The molecule has 0 heterocycles. The molecule has 2 rings (SSSR count). The van der Waals surface area contributed by atoms with E-state index >= 15 is 0 Å². The highest BCUT2D eigenvalue weighted by Gasteiger charge is 2.25. The van der Waals surface area contributed by atoms with Crippen LogP contribution in [0, 0.1) is 11.8 Å². The molecule has 0 aromatic rings. The average molecular weight is 254 g/mol. The molecule has 0 unspecified atom stereocenters. The van der Waals surface area contributed by atoms with Crippen molar-refractivity contribution in [2.24, 2.45) is 17.6 Å². The summed E-state index contributed by atoms with van der Waals surface area (Å²) >= 11 is 0. The van der Waals surface area contributed by atoms with Crippen molar-refractivity contribution in [1.82, 2.24) is 5.32 Å². The summed E-state index contributed by atoms with van der Waals surface area (Å²) < 4.78 is 0. The van der Waals surface area contributed by atoms with Crippen LogP contribution in [-0.4, -0.2) is 30.3 Å². The molecule has 4 N–H and O–H groups in total. The molecule has 0 aliphatic heterocycles. The minimum absolute atomic E-state index is 0.266. The summed E-state index contributed by atoms with van der Waals surface area (Å²) in [6.07, 6.45) is 12.0. The van der Waals surface area contributed by atoms with Crippen LogP contribution in [0.15, 0.2) is 0 Å². The number of nitrogens with two attached hydrogens (primary N) is 1. The SMILES string of the molecule is NC1CCC(CC2CCC(NCCO)CC2)CC1. The van der Waals surface area contributed by atoms with E-state index < -0.39 is 0 Å². The largest absolute Gasteiger partial charge is 0.395 e. The lowest BCUT2D eigenvalue weighted by Gasteiger charge is -2.33. The van der Waals surface area contributed by atoms with Gasteiger partial charge < -0.3 is 16.2 Å². The molecule has 2 aliphatic carbocycles. The highest BCUT2D eigenvalue weighted by Crippen LogP contribution is 2.34. The van der Waals surface area contributed by atoms with Crippen molar-refractivity contribution in [3.8, 4) is 0 Å². The number of nitrogens with one attached hydrogen (secondary N) is 1. The summed E-state index contributed by atoms with van der Waals surface area (Å²) in [4.78, 5) is 0. The zero-order valence-electron chi connectivity index (χ0n) is 11.6. The predicted molar refractivity (Wildman–Crippen MR) is 75.4 cm³/mol. The molecule has 106 valence electrons. The van der Waals surface area contributed by atoms with E-state index in [2.05, 4.69) is 5.32 Å². The monoisotopic (exact) mass is 254 g/mol. The highest BCUT2D eigenvalue weighted by molar-refractivity contribution is 4.81. The quantitative estimate of drug-likeness (QED) is 0.703. The van der Waals surface area contributed by atoms with E-state index in [9.17, 15) is 0 Å². The summed E-state index contributed by atoms with van der Waals surface area (Å²) in [7, 11) is 0. The van der Waals surface area contributed by atoms with E-state index in [0.29, 0.717) is 12.1 Å². The summed E-state index contributed by atoms with van der Waals surface area (Å²) in [6, 6.07) is 1.15. The first-order valence-electron chi connectivity index (χ1n) is 7.87. The first kappa shape index (κ1) is 14.3. The van der Waals surface area contributed by atoms with Crippen LogP contribution in [0.4, 0.5) is 0 Å². The Morgan fingerprint density at radius 1 is 0.889 bits per heavy atom. The van der Waals surface area contributed by atoms with Crippen LogP contribution >= 0.6 is 0 Å². The van der Waals surface area contributed by atoms with Gasteiger partial charge in [-0.2, -0.15) is 0 Å². The first-order valence-corrected chi connectivity index (χ1v) is 7.87. The topological polar surface area (TPSA) is 58.3 Å². The molecular formula is C15H30N2O. The van der Waals surface area contributed by atoms with Crippen LogP contribution in [0.2, 0.25) is 0 Å². The fraction of sp³-hybridized carbons (Fsp3) is 1.00. The lowest BCUT2D eigenvalue weighted by molar-refractivity contribution is 0.208. The standard InChI is InChI=1S/C15H30N2O/c16-14-5-1-12(2-6-14)11-13-3-7-15(8-4-13)17-9-10-18/h12-15,17-18H,1-11,16H2. The summed E-state index contributed by atoms with van der Waals surface area (Å²) in [5, 5.41) is 12.2. The van der Waals surface area contributed by atoms with E-state index in [1.807, 2.05) is 0 Å². The van der Waals surface area contributed by atoms with Crippen LogP contribution < -0.4 is 11.1 Å². The van der Waals surface area contributed by atoms with Crippen LogP contribution in [0.25, 0.3) is 0 Å². The number of rotatable bonds is 5. The maximum absolute atomic E-state index is 8.81. The smallest absolute Gasteiger partial charge is 0.0556 e. The van der Waals surface area contributed by atoms with Crippen LogP contribution in [0.5, 0.6) is 0 Å². The molecule has 3 heteroatoms. The molecule has 0 amide bonds. The number of aliphatic hydroxyl groups excluding tert-OH is 1. The second-order valence-corrected chi connectivity index (χ2v) is 6.41. The first-order chi connectivity index (χ1) is 8.78. The Labute approximate surface area is 112 Å². The second-order valence-electron chi connectivity index (χ2n) is 6.41. The van der Waals surface area contributed by atoms with Gasteiger partial charge in [0.1, 0.15) is 0 Å². The van der Waals surface area contributed by atoms with Gasteiger partial charge in [0.15, 0.2) is 0 Å². The second kappa shape index (κ2) is 7.46. The molecule has 18 heavy (non-hydrogen) atoms. The van der Waals surface area contributed by atoms with Gasteiger partial charge in [0, 0.05) is 18.6 Å². The van der Waals surface area contributed by atoms with Crippen LogP contribution in [-0.2, 0) is 0 Å². The van der Waals surface area contributed by atoms with Gasteiger partial charge in [-0.05, 0) is 69.6 Å². The third-order valence-corrected chi connectivity index (χ3v) is 4.95. The van der Waals surface area contributed by atoms with Gasteiger partial charge in [-0.1, -0.05) is 0 Å². The van der Waals surface area contributed by atoms with E-state index in [-0.39, 0.29) is 6.61 Å². The molecule has 0 aromatic heterocycles. The van der Waals surface area contributed by atoms with E-state index in [1.54, 1.807) is 0 Å². The Bertz CT molecular complexity index is 219. The van der Waals surface area contributed by atoms with Crippen molar-refractivity contribution in [2.45, 2.75) is 69.9 Å². The Balaban J connectivity index is 1.61. The van der Waals surface area contributed by atoms with Crippen molar-refractivity contribution in [2.75, 3.05) is 13.2 Å². The Kier molecular flexibility index (Phi) is 5.93. The molecule has 0 saturated heterocycles. The van der Waals surface area contributed by atoms with Gasteiger partial charge >= 0.3 is 0 Å². The minimum atomic E-state index is 0.266. The van der Waals surface area contributed by atoms with Gasteiger partial charge in [0.25, 0.3) is 0 Å². The van der Waals surface area contributed by atoms with Gasteiger partial charge in [-0.3, -0.25) is 0 Å². The number of hydrogen-bond acceptors (Lipinski definition) is 3. The van der Waals surface area contributed by atoms with Gasteiger partial charge in [0.05, 0.1) is 6.61 Å². The lowest BCUT2D eigenvalue weighted by Crippen LogP contribution is -2.35. The molecule has 0 spiro atoms. The van der Waals surface area contributed by atoms with Crippen molar-refractivity contribution >= 4 is 0 Å². The van der Waals surface area contributed by atoms with Gasteiger partial charge in [-0.15, -0.1) is 0 Å². The maximum Gasteiger partial charge on any atom is 0.0556 e. The van der Waals surface area contributed by atoms with E-state index in [0.717, 1.165) is 18.4 Å². The number of hydrogen-bond donors (Lipinski definition) is 3. The molecular weight excluding hydrogens is 224 g/mol. The maximum atomic E-state index is 8.81. The third kappa shape index (κ3) is 4.52. The van der Waals surface area contributed by atoms with Crippen molar-refractivity contribution < 1.29 is 5.11 Å². The summed E-state index contributed by atoms with van der Waals surface area (Å²) in [5.74, 6) is 1.91. The molecule has 0 aromatic carbocycles. The Morgan fingerprint density at radius 3 is 2.00 bits per heavy atom. The van der Waals surface area contributed by atoms with Crippen LogP contribution in [0.3, 0.4) is 0 Å². The molecule has 2 saturated carbocycles. The van der Waals surface area contributed by atoms with Gasteiger partial charge in [0.2, 0.25) is 0 Å². The lowest BCUT2D eigenvalue weighted by atomic mass is 9.76. The van der Waals surface area contributed by atoms with Crippen molar-refractivity contribution in [1.29, 1.82) is 0 Å². The average Bonchev–Trinajstić information content (AvgIpc) is 2.41. The highest BCUT2D eigenvalue weighted by atomic mass is 16.3. The third-order valence-electron chi connectivity index (χ3n) is 4.95. The zero-order chi connectivity index (χ0) is 12.8. The fourth-order valence-electron chi connectivity index (χ4n) is 3.77. The van der Waals surface area contributed by atoms with Crippen molar-refractivity contribution in [3.63, 3.8) is 0 Å². The molecule has 0 bridgehead atoms. The van der Waals surface area contributed by atoms with Crippen LogP contribution in [0.1, 0.15) is 57.8 Å². The normalized spacial score (nSPS) is 37.7. The summed E-state index contributed by atoms with van der Waals surface area (Å²) in [6.45, 7) is 1.03. The molecule has 0 atom stereocenters.